The van der Waals surface area contributed by atoms with Crippen molar-refractivity contribution in [1.29, 1.82) is 0 Å². The summed E-state index contributed by atoms with van der Waals surface area (Å²) in [5, 5.41) is 26.1. The van der Waals surface area contributed by atoms with Gasteiger partial charge in [0.05, 0.1) is 23.0 Å². The Balaban J connectivity index is 1.32. The molecule has 42 heavy (non-hydrogen) atoms. The van der Waals surface area contributed by atoms with Crippen LogP contribution in [0.3, 0.4) is 0 Å². The van der Waals surface area contributed by atoms with Crippen LogP contribution < -0.4 is 16.2 Å². The van der Waals surface area contributed by atoms with Crippen molar-refractivity contribution >= 4 is 22.4 Å². The minimum absolute atomic E-state index is 0.00594. The lowest BCUT2D eigenvalue weighted by atomic mass is 9.79. The normalized spacial score (nSPS) is 19.6. The van der Waals surface area contributed by atoms with Crippen molar-refractivity contribution in [2.24, 2.45) is 5.92 Å². The number of hydrogen-bond acceptors (Lipinski definition) is 7. The van der Waals surface area contributed by atoms with Gasteiger partial charge in [0.2, 0.25) is 0 Å². The Morgan fingerprint density at radius 1 is 1.00 bits per heavy atom. The number of anilines is 1. The molecule has 1 saturated heterocycles. The van der Waals surface area contributed by atoms with Crippen LogP contribution in [-0.4, -0.2) is 70.5 Å². The molecule has 9 nitrogen and oxygen atoms in total. The predicted molar refractivity (Wildman–Crippen MR) is 165 cm³/mol. The second-order valence-electron chi connectivity index (χ2n) is 11.6. The largest absolute Gasteiger partial charge is 0.378 e. The number of aromatic nitrogens is 2. The molecule has 4 N–H and O–H groups in total. The van der Waals surface area contributed by atoms with E-state index in [1.807, 2.05) is 73.2 Å². The average molecular weight is 567 g/mol. The number of aliphatic hydroxyl groups is 1. The van der Waals surface area contributed by atoms with E-state index in [0.717, 1.165) is 34.4 Å². The van der Waals surface area contributed by atoms with Gasteiger partial charge in [-0.1, -0.05) is 56.3 Å². The molecule has 1 fully saturated rings. The van der Waals surface area contributed by atoms with E-state index in [-0.39, 0.29) is 29.3 Å². The van der Waals surface area contributed by atoms with Crippen LogP contribution in [0, 0.1) is 5.92 Å². The lowest BCUT2D eigenvalue weighted by molar-refractivity contribution is -0.0490. The first-order valence-corrected chi connectivity index (χ1v) is 14.7. The molecule has 1 aromatic heterocycles. The molecule has 4 aromatic rings. The van der Waals surface area contributed by atoms with Gasteiger partial charge in [0.15, 0.2) is 0 Å². The molecule has 2 aliphatic rings. The SMILES string of the molecule is CNCc1ccc(C2Nc3cccc4c(=O)[nH]nc(c34)C2c2ccc(C(=O)N3CCN(C(O)C(C)C)CC3)cc2)cc1. The van der Waals surface area contributed by atoms with E-state index in [1.165, 1.54) is 5.56 Å². The molecule has 0 radical (unpaired) electrons. The lowest BCUT2D eigenvalue weighted by Crippen LogP contribution is -2.53. The molecule has 3 unspecified atom stereocenters. The van der Waals surface area contributed by atoms with Gasteiger partial charge in [0, 0.05) is 49.4 Å². The summed E-state index contributed by atoms with van der Waals surface area (Å²) in [6.07, 6.45) is -0.490. The molecule has 6 rings (SSSR count). The van der Waals surface area contributed by atoms with Crippen molar-refractivity contribution < 1.29 is 9.90 Å². The molecular weight excluding hydrogens is 528 g/mol. The molecule has 2 aliphatic heterocycles. The lowest BCUT2D eigenvalue weighted by Gasteiger charge is -2.38. The maximum atomic E-state index is 13.4. The molecule has 0 spiro atoms. The fourth-order valence-corrected chi connectivity index (χ4v) is 6.30. The summed E-state index contributed by atoms with van der Waals surface area (Å²) in [6, 6.07) is 21.9. The van der Waals surface area contributed by atoms with Crippen LogP contribution in [0.25, 0.3) is 10.8 Å². The van der Waals surface area contributed by atoms with Gasteiger partial charge in [0.1, 0.15) is 6.23 Å². The number of aliphatic hydroxyl groups excluding tert-OH is 1. The third kappa shape index (κ3) is 5.19. The van der Waals surface area contributed by atoms with Crippen LogP contribution in [0.1, 0.15) is 58.5 Å². The number of hydrogen-bond donors (Lipinski definition) is 4. The number of amides is 1. The Bertz CT molecular complexity index is 1620. The number of benzene rings is 3. The molecule has 0 aliphatic carbocycles. The smallest absolute Gasteiger partial charge is 0.272 e. The van der Waals surface area contributed by atoms with Crippen LogP contribution in [0.5, 0.6) is 0 Å². The number of rotatable bonds is 7. The Morgan fingerprint density at radius 2 is 1.69 bits per heavy atom. The highest BCUT2D eigenvalue weighted by Gasteiger charge is 2.35. The summed E-state index contributed by atoms with van der Waals surface area (Å²) in [6.45, 7) is 7.26. The van der Waals surface area contributed by atoms with Crippen molar-refractivity contribution in [2.75, 3.05) is 38.5 Å². The quantitative estimate of drug-likeness (QED) is 0.270. The molecule has 0 saturated carbocycles. The van der Waals surface area contributed by atoms with E-state index in [2.05, 4.69) is 45.1 Å². The third-order valence-electron chi connectivity index (χ3n) is 8.59. The standard InChI is InChI=1S/C33H38N6O3/c1-20(2)32(41)38-15-17-39(18-16-38)33(42)24-13-11-22(12-14-24)27-29(23-9-7-21(8-10-23)19-34-3)35-26-6-4-5-25-28(26)30(27)36-37-31(25)40/h4-14,20,27,29,32,34-35,41H,15-19H2,1-3H3,(H,37,40). The average Bonchev–Trinajstić information content (AvgIpc) is 3.02. The van der Waals surface area contributed by atoms with E-state index in [9.17, 15) is 14.7 Å². The summed E-state index contributed by atoms with van der Waals surface area (Å²) in [5.41, 5.74) is 5.42. The second kappa shape index (κ2) is 11.7. The highest BCUT2D eigenvalue weighted by Crippen LogP contribution is 2.46. The van der Waals surface area contributed by atoms with Gasteiger partial charge in [0.25, 0.3) is 11.5 Å². The number of H-pyrrole nitrogens is 1. The minimum atomic E-state index is -0.490. The summed E-state index contributed by atoms with van der Waals surface area (Å²) in [7, 11) is 1.93. The number of nitrogens with one attached hydrogen (secondary N) is 3. The van der Waals surface area contributed by atoms with Gasteiger partial charge < -0.3 is 20.6 Å². The zero-order chi connectivity index (χ0) is 29.4. The first-order chi connectivity index (χ1) is 20.4. The summed E-state index contributed by atoms with van der Waals surface area (Å²) in [5.74, 6) is -0.0532. The number of aromatic amines is 1. The van der Waals surface area contributed by atoms with E-state index >= 15 is 0 Å². The van der Waals surface area contributed by atoms with Gasteiger partial charge in [-0.15, -0.1) is 0 Å². The van der Waals surface area contributed by atoms with Gasteiger partial charge in [-0.3, -0.25) is 14.5 Å². The van der Waals surface area contributed by atoms with Crippen LogP contribution in [0.4, 0.5) is 5.69 Å². The number of carbonyl (C=O) groups is 1. The predicted octanol–water partition coefficient (Wildman–Crippen LogP) is 3.67. The van der Waals surface area contributed by atoms with Gasteiger partial charge in [-0.2, -0.15) is 5.10 Å². The van der Waals surface area contributed by atoms with E-state index in [1.54, 1.807) is 0 Å². The molecule has 3 atom stereocenters. The van der Waals surface area contributed by atoms with Crippen molar-refractivity contribution in [1.82, 2.24) is 25.3 Å². The van der Waals surface area contributed by atoms with Gasteiger partial charge in [-0.25, -0.2) is 5.10 Å². The highest BCUT2D eigenvalue weighted by molar-refractivity contribution is 5.97. The number of piperazine rings is 1. The third-order valence-corrected chi connectivity index (χ3v) is 8.59. The Hall–Kier alpha value is -4.05. The van der Waals surface area contributed by atoms with Crippen molar-refractivity contribution in [3.63, 3.8) is 0 Å². The van der Waals surface area contributed by atoms with Crippen molar-refractivity contribution in [3.8, 4) is 0 Å². The van der Waals surface area contributed by atoms with E-state index < -0.39 is 6.23 Å². The van der Waals surface area contributed by atoms with Gasteiger partial charge in [-0.05, 0) is 53.9 Å². The number of carbonyl (C=O) groups excluding carboxylic acids is 1. The maximum Gasteiger partial charge on any atom is 0.272 e. The molecule has 3 aromatic carbocycles. The Kier molecular flexibility index (Phi) is 7.81. The van der Waals surface area contributed by atoms with E-state index in [0.29, 0.717) is 37.1 Å². The fourth-order valence-electron chi connectivity index (χ4n) is 6.30. The van der Waals surface area contributed by atoms with Crippen molar-refractivity contribution in [2.45, 2.75) is 38.6 Å². The first kappa shape index (κ1) is 28.1. The monoisotopic (exact) mass is 566 g/mol. The Labute approximate surface area is 245 Å². The van der Waals surface area contributed by atoms with Crippen LogP contribution >= 0.6 is 0 Å². The highest BCUT2D eigenvalue weighted by atomic mass is 16.3. The summed E-state index contributed by atoms with van der Waals surface area (Å²) in [4.78, 5) is 30.0. The zero-order valence-electron chi connectivity index (χ0n) is 24.3. The maximum absolute atomic E-state index is 13.4. The molecule has 218 valence electrons. The minimum Gasteiger partial charge on any atom is -0.378 e. The number of nitrogens with zero attached hydrogens (tertiary/aromatic N) is 3. The second-order valence-corrected chi connectivity index (χ2v) is 11.6. The van der Waals surface area contributed by atoms with Crippen LogP contribution in [0.2, 0.25) is 0 Å². The van der Waals surface area contributed by atoms with E-state index in [4.69, 9.17) is 0 Å². The topological polar surface area (TPSA) is 114 Å². The molecule has 0 bridgehead atoms. The first-order valence-electron chi connectivity index (χ1n) is 14.7. The summed E-state index contributed by atoms with van der Waals surface area (Å²) >= 11 is 0. The Morgan fingerprint density at radius 3 is 2.36 bits per heavy atom. The van der Waals surface area contributed by atoms with Crippen LogP contribution in [0.15, 0.2) is 71.5 Å². The van der Waals surface area contributed by atoms with Crippen molar-refractivity contribution in [3.05, 3.63) is 105 Å². The fraction of sp³-hybridized carbons (Fsp3) is 0.364. The molecular formula is C33H38N6O3. The van der Waals surface area contributed by atoms with Gasteiger partial charge >= 0.3 is 0 Å². The molecule has 1 amide bonds. The summed E-state index contributed by atoms with van der Waals surface area (Å²) < 4.78 is 0. The van der Waals surface area contributed by atoms with Crippen LogP contribution in [-0.2, 0) is 6.54 Å². The molecule has 9 heteroatoms. The molecule has 3 heterocycles. The zero-order valence-corrected chi connectivity index (χ0v) is 24.3.